The molecule has 31 heavy (non-hydrogen) atoms. The van der Waals surface area contributed by atoms with Crippen molar-refractivity contribution in [1.82, 2.24) is 0 Å². The number of azo groups is 1. The maximum absolute atomic E-state index is 12.1. The maximum atomic E-state index is 12.1. The van der Waals surface area contributed by atoms with Crippen LogP contribution >= 0.6 is 0 Å². The highest BCUT2D eigenvalue weighted by Crippen LogP contribution is 2.40. The minimum absolute atomic E-state index is 0.0148. The number of phenolic OH excluding ortho intramolecular Hbond substituents is 1. The van der Waals surface area contributed by atoms with Gasteiger partial charge in [0.1, 0.15) is 26.9 Å². The average Bonchev–Trinajstić information content (AvgIpc) is 2.70. The standard InChI is InChI=1S/C20H14N2O7S2/c23-17-10-9-12-5-1-3-7-14(12)18(17)22-21-16-11-13-6-2-4-8-15(13)19(30(24,25)26)20(16)31(27,28)29/h1-11,23H,(H,24,25,26)(H,27,28,29). The van der Waals surface area contributed by atoms with Gasteiger partial charge in [-0.05, 0) is 22.9 Å². The number of nitrogens with zero attached hydrogens (tertiary/aromatic N) is 2. The number of hydrogen-bond acceptors (Lipinski definition) is 7. The first kappa shape index (κ1) is 20.9. The van der Waals surface area contributed by atoms with Gasteiger partial charge in [-0.3, -0.25) is 9.11 Å². The smallest absolute Gasteiger partial charge is 0.298 e. The van der Waals surface area contributed by atoms with E-state index < -0.39 is 35.7 Å². The van der Waals surface area contributed by atoms with E-state index in [1.54, 1.807) is 36.4 Å². The van der Waals surface area contributed by atoms with Crippen molar-refractivity contribution < 1.29 is 31.0 Å². The van der Waals surface area contributed by atoms with E-state index in [2.05, 4.69) is 10.2 Å². The molecular weight excluding hydrogens is 444 g/mol. The van der Waals surface area contributed by atoms with Crippen LogP contribution in [0.15, 0.2) is 86.7 Å². The van der Waals surface area contributed by atoms with Crippen LogP contribution in [0.1, 0.15) is 0 Å². The molecule has 0 aliphatic carbocycles. The van der Waals surface area contributed by atoms with E-state index in [-0.39, 0.29) is 22.2 Å². The van der Waals surface area contributed by atoms with Crippen molar-refractivity contribution in [3.05, 3.63) is 66.7 Å². The lowest BCUT2D eigenvalue weighted by Gasteiger charge is -2.11. The molecule has 9 nitrogen and oxygen atoms in total. The van der Waals surface area contributed by atoms with Crippen LogP contribution < -0.4 is 0 Å². The number of phenols is 1. The highest BCUT2D eigenvalue weighted by atomic mass is 32.2. The lowest BCUT2D eigenvalue weighted by atomic mass is 10.1. The largest absolute Gasteiger partial charge is 0.506 e. The summed E-state index contributed by atoms with van der Waals surface area (Å²) in [5.74, 6) is -0.244. The molecule has 4 aromatic carbocycles. The normalized spacial score (nSPS) is 12.7. The summed E-state index contributed by atoms with van der Waals surface area (Å²) >= 11 is 0. The molecule has 0 saturated heterocycles. The predicted molar refractivity (Wildman–Crippen MR) is 113 cm³/mol. The Morgan fingerprint density at radius 3 is 1.87 bits per heavy atom. The second-order valence-corrected chi connectivity index (χ2v) is 9.30. The molecule has 3 N–H and O–H groups in total. The first-order valence-electron chi connectivity index (χ1n) is 8.70. The van der Waals surface area contributed by atoms with Gasteiger partial charge in [-0.1, -0.05) is 54.6 Å². The molecule has 0 atom stereocenters. The Kier molecular flexibility index (Phi) is 4.98. The van der Waals surface area contributed by atoms with Crippen molar-refractivity contribution in [2.75, 3.05) is 0 Å². The molecule has 0 heterocycles. The summed E-state index contributed by atoms with van der Waals surface area (Å²) in [5, 5.41) is 19.3. The van der Waals surface area contributed by atoms with E-state index in [9.17, 15) is 31.0 Å². The molecule has 0 unspecified atom stereocenters. The summed E-state index contributed by atoms with van der Waals surface area (Å²) in [5.41, 5.74) is -0.512. The number of benzene rings is 4. The highest BCUT2D eigenvalue weighted by Gasteiger charge is 2.30. The highest BCUT2D eigenvalue weighted by molar-refractivity contribution is 7.89. The molecule has 158 valence electrons. The van der Waals surface area contributed by atoms with Crippen LogP contribution in [-0.2, 0) is 20.2 Å². The van der Waals surface area contributed by atoms with Crippen LogP contribution in [0, 0.1) is 0 Å². The number of fused-ring (bicyclic) bond motifs is 2. The third kappa shape index (κ3) is 3.86. The van der Waals surface area contributed by atoms with Gasteiger partial charge in [0.05, 0.1) is 0 Å². The summed E-state index contributed by atoms with van der Waals surface area (Å²) < 4.78 is 67.7. The number of aromatic hydroxyl groups is 1. The Morgan fingerprint density at radius 2 is 1.23 bits per heavy atom. The molecule has 0 aliphatic heterocycles. The van der Waals surface area contributed by atoms with E-state index in [1.165, 1.54) is 30.3 Å². The van der Waals surface area contributed by atoms with Gasteiger partial charge < -0.3 is 5.11 Å². The summed E-state index contributed by atoms with van der Waals surface area (Å²) in [6, 6.07) is 16.9. The molecule has 4 aromatic rings. The molecule has 0 bridgehead atoms. The van der Waals surface area contributed by atoms with Crippen molar-refractivity contribution in [2.24, 2.45) is 10.2 Å². The second-order valence-electron chi connectivity index (χ2n) is 6.58. The summed E-state index contributed by atoms with van der Waals surface area (Å²) in [7, 11) is -10.2. The first-order valence-corrected chi connectivity index (χ1v) is 11.6. The Bertz CT molecular complexity index is 1600. The van der Waals surface area contributed by atoms with Crippen molar-refractivity contribution in [2.45, 2.75) is 9.79 Å². The van der Waals surface area contributed by atoms with Gasteiger partial charge in [0.25, 0.3) is 20.2 Å². The fourth-order valence-corrected chi connectivity index (χ4v) is 5.46. The van der Waals surface area contributed by atoms with Crippen molar-refractivity contribution in [3.63, 3.8) is 0 Å². The molecular formula is C20H14N2O7S2. The third-order valence-corrected chi connectivity index (χ3v) is 6.59. The third-order valence-electron chi connectivity index (χ3n) is 4.59. The maximum Gasteiger partial charge on any atom is 0.298 e. The SMILES string of the molecule is O=S(=O)(O)c1c(N=Nc2c(O)ccc3ccccc23)cc2ccccc2c1S(=O)(=O)O. The fraction of sp³-hybridized carbons (Fsp3) is 0. The van der Waals surface area contributed by atoms with Gasteiger partial charge in [-0.2, -0.15) is 16.8 Å². The first-order chi connectivity index (χ1) is 14.6. The van der Waals surface area contributed by atoms with E-state index >= 15 is 0 Å². The van der Waals surface area contributed by atoms with Crippen molar-refractivity contribution >= 4 is 53.2 Å². The van der Waals surface area contributed by atoms with Crippen LogP contribution in [0.2, 0.25) is 0 Å². The number of hydrogen-bond donors (Lipinski definition) is 3. The Hall–Kier alpha value is -3.38. The van der Waals surface area contributed by atoms with Crippen LogP contribution in [0.5, 0.6) is 5.75 Å². The molecule has 0 aromatic heterocycles. The molecule has 0 amide bonds. The summed E-state index contributed by atoms with van der Waals surface area (Å²) in [6.45, 7) is 0. The zero-order valence-corrected chi connectivity index (χ0v) is 17.2. The molecule has 0 aliphatic rings. The molecule has 0 spiro atoms. The monoisotopic (exact) mass is 458 g/mol. The Morgan fingerprint density at radius 1 is 0.645 bits per heavy atom. The quantitative estimate of drug-likeness (QED) is 0.298. The van der Waals surface area contributed by atoms with Gasteiger partial charge >= 0.3 is 0 Å². The Labute approximate surface area is 176 Å². The molecule has 0 radical (unpaired) electrons. The van der Waals surface area contributed by atoms with Crippen LogP contribution in [0.3, 0.4) is 0 Å². The predicted octanol–water partition coefficient (Wildman–Crippen LogP) is 4.61. The lowest BCUT2D eigenvalue weighted by Crippen LogP contribution is -2.09. The zero-order valence-electron chi connectivity index (χ0n) is 15.5. The molecule has 11 heteroatoms. The fourth-order valence-electron chi connectivity index (χ4n) is 3.31. The van der Waals surface area contributed by atoms with Gasteiger partial charge in [-0.15, -0.1) is 10.2 Å². The topological polar surface area (TPSA) is 154 Å². The summed E-state index contributed by atoms with van der Waals surface area (Å²) in [6.07, 6.45) is 0. The second kappa shape index (κ2) is 7.39. The Balaban J connectivity index is 2.07. The molecule has 0 saturated carbocycles. The van der Waals surface area contributed by atoms with Gasteiger partial charge in [0, 0.05) is 10.8 Å². The zero-order chi connectivity index (χ0) is 22.4. The number of rotatable bonds is 4. The van der Waals surface area contributed by atoms with Crippen LogP contribution in [0.4, 0.5) is 11.4 Å². The van der Waals surface area contributed by atoms with E-state index in [0.29, 0.717) is 5.39 Å². The summed E-state index contributed by atoms with van der Waals surface area (Å²) in [4.78, 5) is -2.12. The van der Waals surface area contributed by atoms with Gasteiger partial charge in [-0.25, -0.2) is 0 Å². The van der Waals surface area contributed by atoms with Gasteiger partial charge in [0.2, 0.25) is 0 Å². The minimum atomic E-state index is -5.15. The van der Waals surface area contributed by atoms with Crippen molar-refractivity contribution in [1.29, 1.82) is 0 Å². The lowest BCUT2D eigenvalue weighted by molar-refractivity contribution is 0.468. The van der Waals surface area contributed by atoms with Crippen LogP contribution in [0.25, 0.3) is 21.5 Å². The van der Waals surface area contributed by atoms with Gasteiger partial charge in [0.15, 0.2) is 0 Å². The van der Waals surface area contributed by atoms with Crippen molar-refractivity contribution in [3.8, 4) is 5.75 Å². The van der Waals surface area contributed by atoms with E-state index in [0.717, 1.165) is 5.39 Å². The molecule has 4 rings (SSSR count). The van der Waals surface area contributed by atoms with E-state index in [4.69, 9.17) is 0 Å². The minimum Gasteiger partial charge on any atom is -0.506 e. The van der Waals surface area contributed by atoms with E-state index in [1.807, 2.05) is 0 Å². The van der Waals surface area contributed by atoms with Crippen LogP contribution in [-0.4, -0.2) is 31.0 Å². The average molecular weight is 458 g/mol. The molecule has 0 fully saturated rings.